The van der Waals surface area contributed by atoms with E-state index in [1.807, 2.05) is 6.08 Å². The minimum atomic E-state index is -5.14. The van der Waals surface area contributed by atoms with Crippen molar-refractivity contribution in [1.82, 2.24) is 4.72 Å². The van der Waals surface area contributed by atoms with Crippen LogP contribution in [-0.4, -0.2) is 43.3 Å². The van der Waals surface area contributed by atoms with Gasteiger partial charge in [0.25, 0.3) is 0 Å². The van der Waals surface area contributed by atoms with Gasteiger partial charge in [0, 0.05) is 6.20 Å². The van der Waals surface area contributed by atoms with Gasteiger partial charge < -0.3 is 4.72 Å². The van der Waals surface area contributed by atoms with Crippen LogP contribution in [-0.2, 0) is 19.5 Å². The molecule has 1 aromatic rings. The molecule has 0 saturated heterocycles. The molecule has 21 heavy (non-hydrogen) atoms. The number of nitrogens with one attached hydrogen (secondary N) is 2. The fourth-order valence-corrected chi connectivity index (χ4v) is 3.55. The molecule has 1 heterocycles. The SMILES string of the molecule is CC(=O)Nc1c(O)cccc1[As](=O)(O)O.O=S1CC=CN1. The molecule has 1 atom stereocenters. The van der Waals surface area contributed by atoms with Gasteiger partial charge in [-0.2, -0.15) is 0 Å². The van der Waals surface area contributed by atoms with Crippen LogP contribution in [0.1, 0.15) is 6.92 Å². The van der Waals surface area contributed by atoms with Gasteiger partial charge in [-0.05, 0) is 0 Å². The summed E-state index contributed by atoms with van der Waals surface area (Å²) < 4.78 is 41.6. The Morgan fingerprint density at radius 3 is 2.48 bits per heavy atom. The topological polar surface area (TPSA) is 136 Å². The van der Waals surface area contributed by atoms with Crippen LogP contribution in [0.4, 0.5) is 5.69 Å². The van der Waals surface area contributed by atoms with Crippen molar-refractivity contribution in [3.63, 3.8) is 0 Å². The fourth-order valence-electron chi connectivity index (χ4n) is 1.38. The second-order valence-electron chi connectivity index (χ2n) is 3.93. The second kappa shape index (κ2) is 7.46. The Morgan fingerprint density at radius 2 is 2.10 bits per heavy atom. The van der Waals surface area contributed by atoms with E-state index in [9.17, 15) is 17.8 Å². The number of para-hydroxylation sites is 1. The molecule has 0 aromatic heterocycles. The predicted molar refractivity (Wildman–Crippen MR) is 78.2 cm³/mol. The molecule has 1 aliphatic heterocycles. The van der Waals surface area contributed by atoms with E-state index in [1.54, 1.807) is 6.20 Å². The average molecular weight is 378 g/mol. The molecule has 2 rings (SSSR count). The van der Waals surface area contributed by atoms with Crippen LogP contribution in [0.25, 0.3) is 0 Å². The molecule has 1 aliphatic rings. The van der Waals surface area contributed by atoms with Gasteiger partial charge in [0.2, 0.25) is 0 Å². The summed E-state index contributed by atoms with van der Waals surface area (Å²) in [6.45, 7) is 1.18. The van der Waals surface area contributed by atoms with Gasteiger partial charge in [-0.15, -0.1) is 0 Å². The Hall–Kier alpha value is -1.54. The molecule has 1 amide bonds. The third-order valence-electron chi connectivity index (χ3n) is 2.20. The Bertz CT molecular complexity index is 617. The summed E-state index contributed by atoms with van der Waals surface area (Å²) in [6.07, 6.45) is 3.55. The number of aromatic hydroxyl groups is 1. The first kappa shape index (κ1) is 17.5. The van der Waals surface area contributed by atoms with E-state index >= 15 is 0 Å². The Kier molecular flexibility index (Phi) is 6.22. The van der Waals surface area contributed by atoms with E-state index in [0.29, 0.717) is 5.75 Å². The van der Waals surface area contributed by atoms with E-state index in [1.165, 1.54) is 25.1 Å². The molecule has 0 bridgehead atoms. The minimum Gasteiger partial charge on any atom is -0.312 e. The van der Waals surface area contributed by atoms with E-state index in [0.717, 1.165) is 0 Å². The van der Waals surface area contributed by atoms with Crippen LogP contribution < -0.4 is 14.4 Å². The van der Waals surface area contributed by atoms with Crippen LogP contribution in [0.5, 0.6) is 5.75 Å². The molecule has 116 valence electrons. The van der Waals surface area contributed by atoms with Crippen molar-refractivity contribution in [2.24, 2.45) is 0 Å². The number of carbonyl (C=O) groups excluding carboxylic acids is 1. The van der Waals surface area contributed by atoms with Crippen molar-refractivity contribution < 1.29 is 26.0 Å². The molecule has 0 saturated carbocycles. The third-order valence-corrected chi connectivity index (χ3v) is 5.19. The number of phenols is 1. The zero-order valence-electron chi connectivity index (χ0n) is 11.0. The number of amides is 1. The van der Waals surface area contributed by atoms with Crippen molar-refractivity contribution in [2.75, 3.05) is 11.1 Å². The van der Waals surface area contributed by atoms with Gasteiger partial charge in [-0.3, -0.25) is 0 Å². The normalized spacial score (nSPS) is 16.6. The molecule has 5 N–H and O–H groups in total. The Labute approximate surface area is 126 Å². The summed E-state index contributed by atoms with van der Waals surface area (Å²) in [6, 6.07) is 3.71. The van der Waals surface area contributed by atoms with E-state index in [2.05, 4.69) is 10.0 Å². The zero-order valence-corrected chi connectivity index (χ0v) is 13.7. The molecule has 1 aromatic carbocycles. The fraction of sp³-hybridized carbons (Fsp3) is 0.182. The van der Waals surface area contributed by atoms with Crippen molar-refractivity contribution in [1.29, 1.82) is 0 Å². The smallest absolute Gasteiger partial charge is 0.120 e. The molecule has 10 heteroatoms. The van der Waals surface area contributed by atoms with E-state index in [-0.39, 0.29) is 15.8 Å². The predicted octanol–water partition coefficient (Wildman–Crippen LogP) is -1.32. The maximum atomic E-state index is 11.1. The number of anilines is 1. The molecule has 0 aliphatic carbocycles. The number of carbonyl (C=O) groups is 1. The number of rotatable bonds is 2. The maximum Gasteiger partial charge on any atom is 0.120 e. The second-order valence-corrected chi connectivity index (χ2v) is 8.48. The van der Waals surface area contributed by atoms with E-state index < -0.39 is 31.1 Å². The summed E-state index contributed by atoms with van der Waals surface area (Å²) in [4.78, 5) is 10.8. The number of hydrogen-bond acceptors (Lipinski definition) is 4. The van der Waals surface area contributed by atoms with Crippen LogP contribution in [0.15, 0.2) is 30.5 Å². The van der Waals surface area contributed by atoms with Crippen molar-refractivity contribution in [2.45, 2.75) is 6.92 Å². The molecular weight excluding hydrogens is 363 g/mol. The van der Waals surface area contributed by atoms with Crippen LogP contribution in [0.3, 0.4) is 0 Å². The van der Waals surface area contributed by atoms with Gasteiger partial charge in [0.05, 0.1) is 5.75 Å². The van der Waals surface area contributed by atoms with Crippen molar-refractivity contribution in [3.8, 4) is 5.75 Å². The minimum absolute atomic E-state index is 0.225. The van der Waals surface area contributed by atoms with Gasteiger partial charge >= 0.3 is 88.1 Å². The number of benzene rings is 1. The maximum absolute atomic E-state index is 11.1. The monoisotopic (exact) mass is 378 g/mol. The summed E-state index contributed by atoms with van der Waals surface area (Å²) >= 11 is -5.14. The number of phenolic OH excluding ortho intramolecular Hbond substituents is 1. The number of hydrogen-bond donors (Lipinski definition) is 5. The largest absolute Gasteiger partial charge is 0.312 e. The van der Waals surface area contributed by atoms with Gasteiger partial charge in [-0.1, -0.05) is 6.08 Å². The third kappa shape index (κ3) is 5.76. The van der Waals surface area contributed by atoms with Crippen LogP contribution in [0, 0.1) is 0 Å². The molecular formula is C11H15AsN2O6S. The zero-order chi connectivity index (χ0) is 16.0. The van der Waals surface area contributed by atoms with Crippen molar-refractivity contribution >= 4 is 41.1 Å². The molecule has 0 radical (unpaired) electrons. The van der Waals surface area contributed by atoms with Gasteiger partial charge in [-0.25, -0.2) is 4.21 Å². The molecule has 8 nitrogen and oxygen atoms in total. The first-order valence-corrected chi connectivity index (χ1v) is 10.4. The molecule has 1 unspecified atom stereocenters. The molecule has 0 fully saturated rings. The van der Waals surface area contributed by atoms with Crippen molar-refractivity contribution in [3.05, 3.63) is 30.5 Å². The first-order valence-electron chi connectivity index (χ1n) is 5.67. The van der Waals surface area contributed by atoms with Crippen LogP contribution >= 0.6 is 0 Å². The average Bonchev–Trinajstić information content (AvgIpc) is 2.82. The molecule has 0 spiro atoms. The Balaban J connectivity index is 0.000000304. The summed E-state index contributed by atoms with van der Waals surface area (Å²) in [5, 5.41) is 11.5. The van der Waals surface area contributed by atoms with Gasteiger partial charge in [0.15, 0.2) is 0 Å². The van der Waals surface area contributed by atoms with E-state index in [4.69, 9.17) is 8.19 Å². The first-order chi connectivity index (χ1) is 9.71. The van der Waals surface area contributed by atoms with Gasteiger partial charge in [0.1, 0.15) is 11.0 Å². The summed E-state index contributed by atoms with van der Waals surface area (Å²) in [5.41, 5.74) is -0.225. The summed E-state index contributed by atoms with van der Waals surface area (Å²) in [5.74, 6) is -0.214. The summed E-state index contributed by atoms with van der Waals surface area (Å²) in [7, 11) is -0.784. The Morgan fingerprint density at radius 1 is 1.43 bits per heavy atom. The van der Waals surface area contributed by atoms with Crippen LogP contribution in [0.2, 0.25) is 0 Å². The quantitative estimate of drug-likeness (QED) is 0.320. The standard InChI is InChI=1S/C8H10AsNO5.C3H5NOS/c1-5(11)10-8-6(9(13,14)15)3-2-4-7(8)12;5-6-3-1-2-4-6/h2-4,12H,1H3,(H,10,11)(H2,13,14,15);1-2,4H,3H2.